The average Bonchev–Trinajstić information content (AvgIpc) is 3.12. The summed E-state index contributed by atoms with van der Waals surface area (Å²) in [5.74, 6) is 0.298. The predicted molar refractivity (Wildman–Crippen MR) is 91.2 cm³/mol. The van der Waals surface area contributed by atoms with Gasteiger partial charge in [0, 0.05) is 18.2 Å². The molecule has 1 amide bonds. The molecule has 2 bridgehead atoms. The Labute approximate surface area is 154 Å². The van der Waals surface area contributed by atoms with Crippen LogP contribution in [0.2, 0.25) is 0 Å². The van der Waals surface area contributed by atoms with E-state index < -0.39 is 6.36 Å². The van der Waals surface area contributed by atoms with E-state index in [0.29, 0.717) is 17.2 Å². The summed E-state index contributed by atoms with van der Waals surface area (Å²) in [6, 6.07) is 8.67. The Kier molecular flexibility index (Phi) is 4.59. The summed E-state index contributed by atoms with van der Waals surface area (Å²) >= 11 is 0. The molecule has 4 heterocycles. The van der Waals surface area contributed by atoms with Gasteiger partial charge in [-0.3, -0.25) is 4.79 Å². The number of nitrogens with one attached hydrogen (secondary N) is 1. The first-order valence-electron chi connectivity index (χ1n) is 8.87. The van der Waals surface area contributed by atoms with Crippen molar-refractivity contribution in [3.8, 4) is 17.1 Å². The van der Waals surface area contributed by atoms with Crippen molar-refractivity contribution in [1.29, 1.82) is 0 Å². The van der Waals surface area contributed by atoms with Gasteiger partial charge in [0.25, 0.3) is 5.91 Å². The summed E-state index contributed by atoms with van der Waals surface area (Å²) in [6.07, 6.45) is -2.59. The number of carbonyl (C=O) groups is 1. The minimum Gasteiger partial charge on any atom is -0.451 e. The molecule has 0 saturated carbocycles. The van der Waals surface area contributed by atoms with Gasteiger partial charge in [0.15, 0.2) is 5.76 Å². The monoisotopic (exact) mass is 380 g/mol. The van der Waals surface area contributed by atoms with Crippen molar-refractivity contribution in [3.05, 3.63) is 42.2 Å². The Hall–Kier alpha value is -2.48. The maximum Gasteiger partial charge on any atom is 0.573 e. The lowest BCUT2D eigenvalue weighted by molar-refractivity contribution is -0.274. The van der Waals surface area contributed by atoms with Crippen molar-refractivity contribution in [2.75, 3.05) is 19.6 Å². The fourth-order valence-electron chi connectivity index (χ4n) is 3.83. The molecule has 1 N–H and O–H groups in total. The van der Waals surface area contributed by atoms with Gasteiger partial charge in [0.1, 0.15) is 11.5 Å². The maximum absolute atomic E-state index is 12.5. The topological polar surface area (TPSA) is 54.7 Å². The van der Waals surface area contributed by atoms with Crippen LogP contribution in [0.1, 0.15) is 23.4 Å². The largest absolute Gasteiger partial charge is 0.573 e. The molecule has 5 nitrogen and oxygen atoms in total. The fraction of sp³-hybridized carbons (Fsp3) is 0.421. The van der Waals surface area contributed by atoms with Gasteiger partial charge in [-0.25, -0.2) is 0 Å². The third kappa shape index (κ3) is 4.10. The van der Waals surface area contributed by atoms with Crippen LogP contribution >= 0.6 is 0 Å². The van der Waals surface area contributed by atoms with Crippen LogP contribution in [-0.4, -0.2) is 42.8 Å². The normalized spacial score (nSPS) is 24.6. The second kappa shape index (κ2) is 6.92. The molecule has 1 aromatic heterocycles. The predicted octanol–water partition coefficient (Wildman–Crippen LogP) is 3.67. The number of benzene rings is 1. The van der Waals surface area contributed by atoms with E-state index in [4.69, 9.17) is 4.42 Å². The zero-order chi connectivity index (χ0) is 19.0. The molecular weight excluding hydrogens is 361 g/mol. The number of furan rings is 1. The van der Waals surface area contributed by atoms with Gasteiger partial charge in [-0.05, 0) is 56.1 Å². The standard InChI is InChI=1S/C19H19F3N2O3/c20-19(21,22)27-14-3-1-2-13(10-14)16-4-5-17(26-16)18(25)23-15-11-24-8-6-12(15)7-9-24/h1-5,10,12,15H,6-9,11H2,(H,23,25)/t15-/m0/s1. The highest BCUT2D eigenvalue weighted by Gasteiger charge is 2.35. The van der Waals surface area contributed by atoms with Crippen LogP contribution in [0.25, 0.3) is 11.3 Å². The smallest absolute Gasteiger partial charge is 0.451 e. The Morgan fingerprint density at radius 2 is 1.96 bits per heavy atom. The molecule has 3 aliphatic rings. The van der Waals surface area contributed by atoms with E-state index in [2.05, 4.69) is 15.0 Å². The quantitative estimate of drug-likeness (QED) is 0.880. The van der Waals surface area contributed by atoms with Crippen molar-refractivity contribution in [2.24, 2.45) is 5.92 Å². The fourth-order valence-corrected chi connectivity index (χ4v) is 3.83. The molecule has 0 aliphatic carbocycles. The summed E-state index contributed by atoms with van der Waals surface area (Å²) in [7, 11) is 0. The van der Waals surface area contributed by atoms with Crippen LogP contribution in [-0.2, 0) is 0 Å². The van der Waals surface area contributed by atoms with Gasteiger partial charge < -0.3 is 19.4 Å². The molecule has 8 heteroatoms. The lowest BCUT2D eigenvalue weighted by atomic mass is 9.84. The van der Waals surface area contributed by atoms with E-state index in [0.717, 1.165) is 32.5 Å². The number of ether oxygens (including phenoxy) is 1. The number of fused-ring (bicyclic) bond motifs is 3. The van der Waals surface area contributed by atoms with Crippen LogP contribution in [0.4, 0.5) is 13.2 Å². The Bertz CT molecular complexity index is 826. The summed E-state index contributed by atoms with van der Waals surface area (Å²) in [6.45, 7) is 3.01. The van der Waals surface area contributed by atoms with Gasteiger partial charge >= 0.3 is 6.36 Å². The molecule has 27 heavy (non-hydrogen) atoms. The molecule has 5 rings (SSSR count). The molecule has 0 unspecified atom stereocenters. The van der Waals surface area contributed by atoms with E-state index in [1.807, 2.05) is 0 Å². The molecule has 3 saturated heterocycles. The van der Waals surface area contributed by atoms with Gasteiger partial charge in [0.2, 0.25) is 0 Å². The lowest BCUT2D eigenvalue weighted by Crippen LogP contribution is -2.57. The molecule has 1 aromatic carbocycles. The number of hydrogen-bond donors (Lipinski definition) is 1. The van der Waals surface area contributed by atoms with Gasteiger partial charge in [0.05, 0.1) is 0 Å². The van der Waals surface area contributed by atoms with Crippen molar-refractivity contribution < 1.29 is 27.1 Å². The van der Waals surface area contributed by atoms with Crippen LogP contribution in [0, 0.1) is 5.92 Å². The third-order valence-corrected chi connectivity index (χ3v) is 5.15. The SMILES string of the molecule is O=C(N[C@H]1CN2CCC1CC2)c1ccc(-c2cccc(OC(F)(F)F)c2)o1. The Morgan fingerprint density at radius 3 is 2.63 bits per heavy atom. The number of carbonyl (C=O) groups excluding carboxylic acids is 1. The number of hydrogen-bond acceptors (Lipinski definition) is 4. The Morgan fingerprint density at radius 1 is 1.19 bits per heavy atom. The maximum atomic E-state index is 12.5. The molecule has 0 radical (unpaired) electrons. The zero-order valence-corrected chi connectivity index (χ0v) is 14.5. The second-order valence-corrected chi connectivity index (χ2v) is 6.96. The molecule has 1 atom stereocenters. The van der Waals surface area contributed by atoms with Crippen molar-refractivity contribution >= 4 is 5.91 Å². The van der Waals surface area contributed by atoms with Crippen molar-refractivity contribution in [2.45, 2.75) is 25.2 Å². The highest BCUT2D eigenvalue weighted by molar-refractivity contribution is 5.92. The van der Waals surface area contributed by atoms with E-state index in [1.54, 1.807) is 12.1 Å². The zero-order valence-electron chi connectivity index (χ0n) is 14.5. The van der Waals surface area contributed by atoms with Gasteiger partial charge in [-0.15, -0.1) is 13.2 Å². The third-order valence-electron chi connectivity index (χ3n) is 5.15. The van der Waals surface area contributed by atoms with Gasteiger partial charge in [-0.1, -0.05) is 12.1 Å². The number of halogens is 3. The highest BCUT2D eigenvalue weighted by atomic mass is 19.4. The van der Waals surface area contributed by atoms with Crippen LogP contribution in [0.15, 0.2) is 40.8 Å². The summed E-state index contributed by atoms with van der Waals surface area (Å²) in [5.41, 5.74) is 0.402. The van der Waals surface area contributed by atoms with Crippen molar-refractivity contribution in [1.82, 2.24) is 10.2 Å². The lowest BCUT2D eigenvalue weighted by Gasteiger charge is -2.44. The summed E-state index contributed by atoms with van der Waals surface area (Å²) < 4.78 is 46.6. The minimum absolute atomic E-state index is 0.108. The van der Waals surface area contributed by atoms with E-state index in [9.17, 15) is 18.0 Å². The van der Waals surface area contributed by atoms with Crippen LogP contribution in [0.5, 0.6) is 5.75 Å². The number of piperidine rings is 3. The van der Waals surface area contributed by atoms with Gasteiger partial charge in [-0.2, -0.15) is 0 Å². The van der Waals surface area contributed by atoms with Crippen molar-refractivity contribution in [3.63, 3.8) is 0 Å². The molecule has 2 aromatic rings. The van der Waals surface area contributed by atoms with E-state index in [1.165, 1.54) is 24.3 Å². The molecule has 144 valence electrons. The number of amides is 1. The van der Waals surface area contributed by atoms with Crippen LogP contribution < -0.4 is 10.1 Å². The highest BCUT2D eigenvalue weighted by Crippen LogP contribution is 2.30. The second-order valence-electron chi connectivity index (χ2n) is 6.96. The van der Waals surface area contributed by atoms with E-state index >= 15 is 0 Å². The minimum atomic E-state index is -4.76. The number of nitrogens with zero attached hydrogens (tertiary/aromatic N) is 1. The molecular formula is C19H19F3N2O3. The first-order valence-corrected chi connectivity index (χ1v) is 8.87. The molecule has 3 fully saturated rings. The number of rotatable bonds is 4. The first-order chi connectivity index (χ1) is 12.9. The summed E-state index contributed by atoms with van der Waals surface area (Å²) in [4.78, 5) is 14.8. The molecule has 0 spiro atoms. The first kappa shape index (κ1) is 17.9. The van der Waals surface area contributed by atoms with E-state index in [-0.39, 0.29) is 23.5 Å². The molecule has 3 aliphatic heterocycles. The Balaban J connectivity index is 1.45. The summed E-state index contributed by atoms with van der Waals surface area (Å²) in [5, 5.41) is 3.03. The average molecular weight is 380 g/mol. The van der Waals surface area contributed by atoms with Crippen LogP contribution in [0.3, 0.4) is 0 Å². The number of alkyl halides is 3.